The van der Waals surface area contributed by atoms with Gasteiger partial charge in [0, 0.05) is 37.0 Å². The van der Waals surface area contributed by atoms with Crippen LogP contribution in [0.5, 0.6) is 0 Å². The van der Waals surface area contributed by atoms with Crippen molar-refractivity contribution in [2.75, 3.05) is 39.3 Å². The van der Waals surface area contributed by atoms with Crippen LogP contribution in [0, 0.1) is 0 Å². The quantitative estimate of drug-likeness (QED) is 0.150. The first kappa shape index (κ1) is 28.2. The minimum absolute atomic E-state index is 0.212. The number of nitrogens with zero attached hydrogens (tertiary/aromatic N) is 4. The lowest BCUT2D eigenvalue weighted by atomic mass is 9.97. The largest absolute Gasteiger partial charge is 0.315 e. The summed E-state index contributed by atoms with van der Waals surface area (Å²) in [6.45, 7) is 2.81. The number of benzene rings is 2. The van der Waals surface area contributed by atoms with Crippen LogP contribution in [0.4, 0.5) is 0 Å². The number of carbonyl (C=O) groups excluding carboxylic acids is 4. The van der Waals surface area contributed by atoms with Crippen LogP contribution in [0.2, 0.25) is 10.3 Å². The van der Waals surface area contributed by atoms with Crippen LogP contribution < -0.4 is 10.6 Å². The highest BCUT2D eigenvalue weighted by atomic mass is 35.5. The van der Waals surface area contributed by atoms with Gasteiger partial charge in [0.2, 0.25) is 0 Å². The molecule has 0 atom stereocenters. The van der Waals surface area contributed by atoms with Gasteiger partial charge in [0.05, 0.1) is 33.3 Å². The van der Waals surface area contributed by atoms with Gasteiger partial charge in [0.15, 0.2) is 0 Å². The van der Waals surface area contributed by atoms with E-state index in [1.807, 2.05) is 0 Å². The second kappa shape index (κ2) is 11.7. The standard InChI is InChI=1S/C30H26Cl2N6O4/c31-23-15-19-25-17(5-3-7-21(25)35-23)27(39)37(29(19)41)13-11-33-9-1-2-10-34-12-14-38-28(40)18-6-4-8-22-26(18)20(30(38)42)16-24(32)36-22/h3-8,15-16,33-34H,1-2,9-14H2. The molecule has 2 aliphatic rings. The molecule has 214 valence electrons. The summed E-state index contributed by atoms with van der Waals surface area (Å²) in [6, 6.07) is 13.4. The summed E-state index contributed by atoms with van der Waals surface area (Å²) in [4.78, 5) is 63.0. The smallest absolute Gasteiger partial charge is 0.261 e. The van der Waals surface area contributed by atoms with Crippen molar-refractivity contribution in [1.82, 2.24) is 30.4 Å². The van der Waals surface area contributed by atoms with E-state index in [1.54, 1.807) is 36.4 Å². The highest BCUT2D eigenvalue weighted by Crippen LogP contribution is 2.32. The third-order valence-electron chi connectivity index (χ3n) is 7.49. The van der Waals surface area contributed by atoms with Gasteiger partial charge in [0.1, 0.15) is 10.3 Å². The van der Waals surface area contributed by atoms with Crippen LogP contribution in [0.3, 0.4) is 0 Å². The molecule has 0 radical (unpaired) electrons. The Morgan fingerprint density at radius 2 is 0.976 bits per heavy atom. The average molecular weight is 605 g/mol. The molecule has 2 N–H and O–H groups in total. The van der Waals surface area contributed by atoms with Crippen LogP contribution in [0.1, 0.15) is 54.3 Å². The maximum atomic E-state index is 13.0. The van der Waals surface area contributed by atoms with Crippen molar-refractivity contribution in [3.8, 4) is 0 Å². The van der Waals surface area contributed by atoms with Gasteiger partial charge < -0.3 is 10.6 Å². The highest BCUT2D eigenvalue weighted by Gasteiger charge is 2.34. The molecule has 0 saturated heterocycles. The van der Waals surface area contributed by atoms with Crippen molar-refractivity contribution in [3.05, 3.63) is 81.1 Å². The van der Waals surface area contributed by atoms with Gasteiger partial charge >= 0.3 is 0 Å². The number of hydrogen-bond donors (Lipinski definition) is 2. The molecular formula is C30H26Cl2N6O4. The van der Waals surface area contributed by atoms with Gasteiger partial charge in [-0.25, -0.2) is 9.97 Å². The van der Waals surface area contributed by atoms with Gasteiger partial charge in [-0.2, -0.15) is 0 Å². The van der Waals surface area contributed by atoms with Gasteiger partial charge in [-0.3, -0.25) is 29.0 Å². The zero-order valence-electron chi connectivity index (χ0n) is 22.5. The summed E-state index contributed by atoms with van der Waals surface area (Å²) in [6.07, 6.45) is 1.72. The Kier molecular flexibility index (Phi) is 7.87. The number of unbranched alkanes of at least 4 members (excludes halogenated alkanes) is 1. The minimum Gasteiger partial charge on any atom is -0.315 e. The number of amides is 4. The van der Waals surface area contributed by atoms with E-state index in [2.05, 4.69) is 20.6 Å². The Hall–Kier alpha value is -3.96. The van der Waals surface area contributed by atoms with Gasteiger partial charge in [0.25, 0.3) is 23.6 Å². The normalized spacial score (nSPS) is 14.5. The van der Waals surface area contributed by atoms with Gasteiger partial charge in [-0.1, -0.05) is 35.3 Å². The predicted octanol–water partition coefficient (Wildman–Crippen LogP) is 3.94. The summed E-state index contributed by atoms with van der Waals surface area (Å²) in [5.41, 5.74) is 2.74. The number of imide groups is 2. The summed E-state index contributed by atoms with van der Waals surface area (Å²) in [5, 5.41) is 8.09. The summed E-state index contributed by atoms with van der Waals surface area (Å²) >= 11 is 12.2. The van der Waals surface area contributed by atoms with Gasteiger partial charge in [-0.05, 0) is 62.3 Å². The zero-order chi connectivity index (χ0) is 29.4. The van der Waals surface area contributed by atoms with Crippen LogP contribution in [-0.2, 0) is 0 Å². The van der Waals surface area contributed by atoms with Crippen molar-refractivity contribution in [2.24, 2.45) is 0 Å². The monoisotopic (exact) mass is 604 g/mol. The van der Waals surface area contributed by atoms with Crippen molar-refractivity contribution < 1.29 is 19.2 Å². The Bertz CT molecular complexity index is 1650. The molecule has 0 saturated carbocycles. The zero-order valence-corrected chi connectivity index (χ0v) is 24.0. The van der Waals surface area contributed by atoms with E-state index in [9.17, 15) is 19.2 Å². The molecule has 12 heteroatoms. The second-order valence-corrected chi connectivity index (χ2v) is 10.9. The fourth-order valence-corrected chi connectivity index (χ4v) is 5.91. The van der Waals surface area contributed by atoms with Crippen LogP contribution in [-0.4, -0.2) is 82.7 Å². The van der Waals surface area contributed by atoms with Crippen molar-refractivity contribution in [2.45, 2.75) is 12.8 Å². The maximum Gasteiger partial charge on any atom is 0.261 e. The molecule has 42 heavy (non-hydrogen) atoms. The predicted molar refractivity (Wildman–Crippen MR) is 159 cm³/mol. The topological polar surface area (TPSA) is 125 Å². The lowest BCUT2D eigenvalue weighted by molar-refractivity contribution is 0.0596. The molecule has 0 aliphatic carbocycles. The molecule has 2 aromatic carbocycles. The number of aromatic nitrogens is 2. The SMILES string of the molecule is O=C1c2cccc3nc(Cl)cc(c23)C(=O)N1CCNCCCCNCCN1C(=O)c2cccc3nc(Cl)cc(c23)C1=O. The van der Waals surface area contributed by atoms with E-state index in [-0.39, 0.29) is 47.0 Å². The first-order valence-electron chi connectivity index (χ1n) is 13.7. The fourth-order valence-electron chi connectivity index (χ4n) is 5.51. The summed E-state index contributed by atoms with van der Waals surface area (Å²) < 4.78 is 0. The van der Waals surface area contributed by atoms with Crippen LogP contribution in [0.25, 0.3) is 21.8 Å². The number of carbonyl (C=O) groups is 4. The molecule has 0 spiro atoms. The Morgan fingerprint density at radius 1 is 0.571 bits per heavy atom. The number of nitrogens with one attached hydrogen (secondary N) is 2. The average Bonchev–Trinajstić information content (AvgIpc) is 2.97. The third-order valence-corrected chi connectivity index (χ3v) is 7.88. The van der Waals surface area contributed by atoms with E-state index in [1.165, 1.54) is 21.9 Å². The second-order valence-electron chi connectivity index (χ2n) is 10.1. The number of halogens is 2. The Morgan fingerprint density at radius 3 is 1.40 bits per heavy atom. The first-order chi connectivity index (χ1) is 20.3. The highest BCUT2D eigenvalue weighted by molar-refractivity contribution is 6.33. The van der Waals surface area contributed by atoms with Crippen LogP contribution >= 0.6 is 23.2 Å². The molecule has 2 aromatic heterocycles. The minimum atomic E-state index is -0.371. The molecule has 4 heterocycles. The maximum absolute atomic E-state index is 13.0. The molecule has 4 amide bonds. The van der Waals surface area contributed by atoms with Crippen molar-refractivity contribution in [3.63, 3.8) is 0 Å². The Labute approximate surface area is 251 Å². The van der Waals surface area contributed by atoms with Crippen molar-refractivity contribution >= 4 is 68.6 Å². The molecule has 6 rings (SSSR count). The van der Waals surface area contributed by atoms with E-state index in [4.69, 9.17) is 23.2 Å². The summed E-state index contributed by atoms with van der Waals surface area (Å²) in [5.74, 6) is -1.41. The van der Waals surface area contributed by atoms with E-state index in [0.717, 1.165) is 12.8 Å². The molecule has 2 aliphatic heterocycles. The van der Waals surface area contributed by atoms with E-state index >= 15 is 0 Å². The molecule has 4 aromatic rings. The van der Waals surface area contributed by atoms with Crippen LogP contribution in [0.15, 0.2) is 48.5 Å². The molecule has 0 fully saturated rings. The van der Waals surface area contributed by atoms with Gasteiger partial charge in [-0.15, -0.1) is 0 Å². The summed E-state index contributed by atoms with van der Waals surface area (Å²) in [7, 11) is 0. The molecular weight excluding hydrogens is 579 g/mol. The fraction of sp³-hybridized carbons (Fsp3) is 0.267. The third kappa shape index (κ3) is 5.11. The van der Waals surface area contributed by atoms with Crippen molar-refractivity contribution in [1.29, 1.82) is 0 Å². The van der Waals surface area contributed by atoms with E-state index < -0.39 is 0 Å². The molecule has 0 unspecified atom stereocenters. The Balaban J connectivity index is 0.921. The lowest BCUT2D eigenvalue weighted by Crippen LogP contribution is -2.44. The number of rotatable bonds is 11. The first-order valence-corrected chi connectivity index (χ1v) is 14.4. The molecule has 10 nitrogen and oxygen atoms in total. The lowest BCUT2D eigenvalue weighted by Gasteiger charge is -2.27. The molecule has 0 bridgehead atoms. The number of hydrogen-bond acceptors (Lipinski definition) is 8. The number of pyridine rings is 2. The van der Waals surface area contributed by atoms with E-state index in [0.29, 0.717) is 70.2 Å².